The minimum Gasteiger partial charge on any atom is -0.323 e. The summed E-state index contributed by atoms with van der Waals surface area (Å²) < 4.78 is 13.3. The van der Waals surface area contributed by atoms with E-state index in [0.717, 1.165) is 0 Å². The summed E-state index contributed by atoms with van der Waals surface area (Å²) in [5, 5.41) is 2.68. The molecule has 2 aromatic rings. The number of hydrogen-bond acceptors (Lipinski definition) is 1. The molecule has 90 valence electrons. The van der Waals surface area contributed by atoms with Crippen molar-refractivity contribution in [1.82, 2.24) is 0 Å². The number of benzene rings is 2. The number of hydrogen-bond donors (Lipinski definition) is 1. The van der Waals surface area contributed by atoms with Gasteiger partial charge in [0.2, 0.25) is 5.91 Å². The molecule has 0 radical (unpaired) electrons. The monoisotopic (exact) mass is 241 g/mol. The zero-order chi connectivity index (χ0) is 12.8. The molecule has 0 aliphatic carbocycles. The van der Waals surface area contributed by atoms with Crippen molar-refractivity contribution >= 4 is 17.7 Å². The Morgan fingerprint density at radius 3 is 2.39 bits per heavy atom. The maximum Gasteiger partial charge on any atom is 0.248 e. The van der Waals surface area contributed by atoms with Crippen molar-refractivity contribution in [3.05, 3.63) is 72.1 Å². The fourth-order valence-corrected chi connectivity index (χ4v) is 1.48. The summed E-state index contributed by atoms with van der Waals surface area (Å²) in [6.07, 6.45) is 2.76. The van der Waals surface area contributed by atoms with Crippen molar-refractivity contribution in [2.45, 2.75) is 0 Å². The summed E-state index contributed by atoms with van der Waals surface area (Å²) in [7, 11) is 0. The van der Waals surface area contributed by atoms with Gasteiger partial charge in [-0.15, -0.1) is 0 Å². The molecule has 2 rings (SSSR count). The van der Waals surface area contributed by atoms with Gasteiger partial charge in [0.15, 0.2) is 0 Å². The van der Waals surface area contributed by atoms with Crippen LogP contribution in [-0.2, 0) is 4.79 Å². The molecule has 0 aliphatic heterocycles. The lowest BCUT2D eigenvalue weighted by Gasteiger charge is -2.00. The van der Waals surface area contributed by atoms with Gasteiger partial charge in [-0.05, 0) is 24.3 Å². The lowest BCUT2D eigenvalue weighted by Crippen LogP contribution is -2.07. The van der Waals surface area contributed by atoms with E-state index in [2.05, 4.69) is 5.32 Å². The van der Waals surface area contributed by atoms with Crippen molar-refractivity contribution in [1.29, 1.82) is 0 Å². The second kappa shape index (κ2) is 5.77. The Hall–Kier alpha value is -2.42. The fourth-order valence-electron chi connectivity index (χ4n) is 1.48. The summed E-state index contributed by atoms with van der Waals surface area (Å²) in [6, 6.07) is 15.4. The van der Waals surface area contributed by atoms with E-state index < -0.39 is 0 Å². The van der Waals surface area contributed by atoms with Gasteiger partial charge < -0.3 is 5.32 Å². The smallest absolute Gasteiger partial charge is 0.248 e. The summed E-state index contributed by atoms with van der Waals surface area (Å²) >= 11 is 0. The van der Waals surface area contributed by atoms with Crippen LogP contribution < -0.4 is 5.32 Å². The first-order chi connectivity index (χ1) is 8.75. The molecule has 1 amide bonds. The molecular weight excluding hydrogens is 229 g/mol. The van der Waals surface area contributed by atoms with E-state index in [1.54, 1.807) is 30.3 Å². The number of halogens is 1. The lowest BCUT2D eigenvalue weighted by atomic mass is 10.2. The molecule has 0 aromatic heterocycles. The molecule has 0 saturated heterocycles. The van der Waals surface area contributed by atoms with E-state index in [9.17, 15) is 9.18 Å². The van der Waals surface area contributed by atoms with Crippen LogP contribution in [0, 0.1) is 5.82 Å². The molecule has 2 nitrogen and oxygen atoms in total. The highest BCUT2D eigenvalue weighted by atomic mass is 19.1. The number of para-hydroxylation sites is 1. The van der Waals surface area contributed by atoms with Crippen LogP contribution >= 0.6 is 0 Å². The average Bonchev–Trinajstić information content (AvgIpc) is 2.39. The molecule has 3 heteroatoms. The van der Waals surface area contributed by atoms with Crippen LogP contribution in [0.3, 0.4) is 0 Å². The lowest BCUT2D eigenvalue weighted by molar-refractivity contribution is -0.111. The average molecular weight is 241 g/mol. The Bertz CT molecular complexity index is 564. The first-order valence-corrected chi connectivity index (χ1v) is 5.54. The third-order valence-corrected chi connectivity index (χ3v) is 2.36. The van der Waals surface area contributed by atoms with E-state index in [4.69, 9.17) is 0 Å². The van der Waals surface area contributed by atoms with Crippen molar-refractivity contribution in [3.8, 4) is 0 Å². The molecule has 0 unspecified atom stereocenters. The molecular formula is C15H12FNO. The van der Waals surface area contributed by atoms with Gasteiger partial charge in [-0.3, -0.25) is 4.79 Å². The third kappa shape index (κ3) is 3.28. The van der Waals surface area contributed by atoms with Gasteiger partial charge in [0.05, 0.1) is 0 Å². The predicted octanol–water partition coefficient (Wildman–Crippen LogP) is 3.48. The highest BCUT2D eigenvalue weighted by molar-refractivity contribution is 6.01. The minimum atomic E-state index is -0.346. The Balaban J connectivity index is 2.02. The van der Waals surface area contributed by atoms with E-state index in [0.29, 0.717) is 11.3 Å². The van der Waals surface area contributed by atoms with Gasteiger partial charge >= 0.3 is 0 Å². The number of amides is 1. The third-order valence-electron chi connectivity index (χ3n) is 2.36. The largest absolute Gasteiger partial charge is 0.323 e. The standard InChI is InChI=1S/C15H12FNO/c16-14-9-5-4-6-12(14)10-11-15(18)17-13-7-2-1-3-8-13/h1-11H,(H,17,18). The molecule has 1 N–H and O–H groups in total. The zero-order valence-electron chi connectivity index (χ0n) is 9.64. The molecule has 0 saturated carbocycles. The Morgan fingerprint density at radius 1 is 1.00 bits per heavy atom. The number of anilines is 1. The number of nitrogens with one attached hydrogen (secondary N) is 1. The van der Waals surface area contributed by atoms with Crippen LogP contribution in [-0.4, -0.2) is 5.91 Å². The molecule has 0 bridgehead atoms. The van der Waals surface area contributed by atoms with Gasteiger partial charge in [-0.1, -0.05) is 36.4 Å². The highest BCUT2D eigenvalue weighted by Crippen LogP contribution is 2.09. The topological polar surface area (TPSA) is 29.1 Å². The van der Waals surface area contributed by atoms with Gasteiger partial charge in [0.25, 0.3) is 0 Å². The SMILES string of the molecule is O=C(C=Cc1ccccc1F)Nc1ccccc1. The summed E-state index contributed by atoms with van der Waals surface area (Å²) in [5.41, 5.74) is 1.10. The number of rotatable bonds is 3. The summed E-state index contributed by atoms with van der Waals surface area (Å²) in [5.74, 6) is -0.634. The molecule has 0 spiro atoms. The van der Waals surface area contributed by atoms with Crippen molar-refractivity contribution < 1.29 is 9.18 Å². The summed E-state index contributed by atoms with van der Waals surface area (Å²) in [4.78, 5) is 11.6. The minimum absolute atomic E-state index is 0.288. The summed E-state index contributed by atoms with van der Waals surface area (Å²) in [6.45, 7) is 0. The molecule has 0 heterocycles. The van der Waals surface area contributed by atoms with Crippen molar-refractivity contribution in [3.63, 3.8) is 0 Å². The number of carbonyl (C=O) groups is 1. The van der Waals surface area contributed by atoms with E-state index in [1.807, 2.05) is 18.2 Å². The van der Waals surface area contributed by atoms with Crippen LogP contribution in [0.25, 0.3) is 6.08 Å². The highest BCUT2D eigenvalue weighted by Gasteiger charge is 1.98. The van der Waals surface area contributed by atoms with Crippen molar-refractivity contribution in [2.75, 3.05) is 5.32 Å². The quantitative estimate of drug-likeness (QED) is 0.819. The van der Waals surface area contributed by atoms with Crippen LogP contribution in [0.1, 0.15) is 5.56 Å². The first-order valence-electron chi connectivity index (χ1n) is 5.54. The van der Waals surface area contributed by atoms with Crippen LogP contribution in [0.5, 0.6) is 0 Å². The predicted molar refractivity (Wildman–Crippen MR) is 70.5 cm³/mol. The molecule has 0 atom stereocenters. The van der Waals surface area contributed by atoms with Gasteiger partial charge in [0, 0.05) is 17.3 Å². The Labute approximate surface area is 105 Å². The van der Waals surface area contributed by atoms with Crippen LogP contribution in [0.15, 0.2) is 60.7 Å². The molecule has 2 aromatic carbocycles. The maximum absolute atomic E-state index is 13.3. The first kappa shape index (κ1) is 12.0. The van der Waals surface area contributed by atoms with E-state index in [-0.39, 0.29) is 11.7 Å². The second-order valence-corrected chi connectivity index (χ2v) is 3.71. The zero-order valence-corrected chi connectivity index (χ0v) is 9.64. The van der Waals surface area contributed by atoms with E-state index >= 15 is 0 Å². The number of carbonyl (C=O) groups excluding carboxylic acids is 1. The molecule has 0 aliphatic rings. The van der Waals surface area contributed by atoms with Gasteiger partial charge in [-0.2, -0.15) is 0 Å². The Morgan fingerprint density at radius 2 is 1.67 bits per heavy atom. The molecule has 0 fully saturated rings. The van der Waals surface area contributed by atoms with Crippen molar-refractivity contribution in [2.24, 2.45) is 0 Å². The van der Waals surface area contributed by atoms with Gasteiger partial charge in [-0.25, -0.2) is 4.39 Å². The second-order valence-electron chi connectivity index (χ2n) is 3.71. The van der Waals surface area contributed by atoms with E-state index in [1.165, 1.54) is 18.2 Å². The fraction of sp³-hybridized carbons (Fsp3) is 0. The molecule has 18 heavy (non-hydrogen) atoms. The Kier molecular flexibility index (Phi) is 3.86. The van der Waals surface area contributed by atoms with Crippen LogP contribution in [0.2, 0.25) is 0 Å². The van der Waals surface area contributed by atoms with Gasteiger partial charge in [0.1, 0.15) is 5.82 Å². The van der Waals surface area contributed by atoms with Crippen LogP contribution in [0.4, 0.5) is 10.1 Å². The normalized spacial score (nSPS) is 10.5. The maximum atomic E-state index is 13.3.